The van der Waals surface area contributed by atoms with Gasteiger partial charge in [0.05, 0.1) is 32.0 Å². The number of alkyl halides is 1. The molecule has 228 valence electrons. The number of nitrogens with zero attached hydrogens (tertiary/aromatic N) is 5. The Kier molecular flexibility index (Phi) is 10.3. The molecule has 3 heterocycles. The van der Waals surface area contributed by atoms with Crippen LogP contribution in [0.4, 0.5) is 11.8 Å². The van der Waals surface area contributed by atoms with Crippen LogP contribution in [0.15, 0.2) is 83.9 Å². The van der Waals surface area contributed by atoms with Gasteiger partial charge < -0.3 is 24.3 Å². The van der Waals surface area contributed by atoms with Crippen molar-refractivity contribution in [3.63, 3.8) is 0 Å². The molecule has 0 bridgehead atoms. The van der Waals surface area contributed by atoms with Crippen LogP contribution in [0.5, 0.6) is 11.5 Å². The summed E-state index contributed by atoms with van der Waals surface area (Å²) in [7, 11) is 3.31. The first kappa shape index (κ1) is 30.8. The van der Waals surface area contributed by atoms with Gasteiger partial charge in [-0.3, -0.25) is 9.78 Å². The van der Waals surface area contributed by atoms with E-state index in [4.69, 9.17) is 31.0 Å². The molecular weight excluding hydrogens is 576 g/mol. The van der Waals surface area contributed by atoms with Crippen molar-refractivity contribution in [3.05, 3.63) is 112 Å². The van der Waals surface area contributed by atoms with Crippen molar-refractivity contribution in [1.82, 2.24) is 19.5 Å². The highest BCUT2D eigenvalue weighted by molar-refractivity contribution is 6.17. The standard InChI is InChI=1S/C34H37ClN6O3/c1-4-5-17-36-32-31-30(16-18-40(33(31)42)23-27-11-6-26(19-35)20-37-27)38-34(39-32)41(21-24-7-12-28(43-2)13-8-24)22-25-9-14-29(44-3)15-10-25/h6-16,18,20H,4-5,17,19,21-23H2,1-3H3,(H,36,38,39). The second-order valence-electron chi connectivity index (χ2n) is 10.5. The number of benzene rings is 2. The van der Waals surface area contributed by atoms with Gasteiger partial charge in [-0.1, -0.05) is 43.7 Å². The van der Waals surface area contributed by atoms with E-state index in [2.05, 4.69) is 22.1 Å². The van der Waals surface area contributed by atoms with Gasteiger partial charge in [0.25, 0.3) is 5.56 Å². The fourth-order valence-electron chi connectivity index (χ4n) is 4.85. The number of hydrogen-bond acceptors (Lipinski definition) is 8. The highest BCUT2D eigenvalue weighted by Crippen LogP contribution is 2.25. The number of fused-ring (bicyclic) bond motifs is 1. The van der Waals surface area contributed by atoms with E-state index in [0.29, 0.717) is 54.7 Å². The Labute approximate surface area is 262 Å². The number of nitrogens with one attached hydrogen (secondary N) is 1. The first-order chi connectivity index (χ1) is 21.5. The van der Waals surface area contributed by atoms with Crippen LogP contribution in [0.25, 0.3) is 10.9 Å². The molecule has 0 aliphatic heterocycles. The van der Waals surface area contributed by atoms with Gasteiger partial charge in [-0.25, -0.2) is 4.98 Å². The van der Waals surface area contributed by atoms with E-state index < -0.39 is 0 Å². The quantitative estimate of drug-likeness (QED) is 0.114. The molecule has 1 N–H and O–H groups in total. The monoisotopic (exact) mass is 612 g/mol. The van der Waals surface area contributed by atoms with Gasteiger partial charge in [0, 0.05) is 37.9 Å². The summed E-state index contributed by atoms with van der Waals surface area (Å²) in [5, 5.41) is 3.89. The lowest BCUT2D eigenvalue weighted by Gasteiger charge is -2.24. The molecule has 0 saturated carbocycles. The lowest BCUT2D eigenvalue weighted by atomic mass is 10.1. The summed E-state index contributed by atoms with van der Waals surface area (Å²) >= 11 is 5.92. The van der Waals surface area contributed by atoms with Crippen molar-refractivity contribution < 1.29 is 9.47 Å². The molecule has 44 heavy (non-hydrogen) atoms. The number of methoxy groups -OCH3 is 2. The van der Waals surface area contributed by atoms with E-state index in [1.807, 2.05) is 66.7 Å². The van der Waals surface area contributed by atoms with E-state index in [1.165, 1.54) is 0 Å². The smallest absolute Gasteiger partial charge is 0.264 e. The minimum absolute atomic E-state index is 0.173. The minimum atomic E-state index is -0.173. The summed E-state index contributed by atoms with van der Waals surface area (Å²) in [5.74, 6) is 3.03. The van der Waals surface area contributed by atoms with Crippen molar-refractivity contribution in [1.29, 1.82) is 0 Å². The number of aromatic nitrogens is 4. The predicted octanol–water partition coefficient (Wildman–Crippen LogP) is 6.41. The van der Waals surface area contributed by atoms with Crippen molar-refractivity contribution in [2.24, 2.45) is 0 Å². The average Bonchev–Trinajstić information content (AvgIpc) is 3.06. The topological polar surface area (TPSA) is 94.4 Å². The molecule has 2 aromatic carbocycles. The second-order valence-corrected chi connectivity index (χ2v) is 10.8. The third kappa shape index (κ3) is 7.47. The third-order valence-electron chi connectivity index (χ3n) is 7.36. The van der Waals surface area contributed by atoms with Crippen LogP contribution in [0.3, 0.4) is 0 Å². The fraction of sp³-hybridized carbons (Fsp3) is 0.294. The molecule has 0 saturated heterocycles. The largest absolute Gasteiger partial charge is 0.497 e. The van der Waals surface area contributed by atoms with Crippen LogP contribution in [0.1, 0.15) is 42.1 Å². The lowest BCUT2D eigenvalue weighted by Crippen LogP contribution is -2.27. The van der Waals surface area contributed by atoms with Gasteiger partial charge in [0.2, 0.25) is 5.95 Å². The number of rotatable bonds is 14. The van der Waals surface area contributed by atoms with E-state index >= 15 is 0 Å². The van der Waals surface area contributed by atoms with Crippen LogP contribution in [-0.2, 0) is 25.5 Å². The average molecular weight is 613 g/mol. The van der Waals surface area contributed by atoms with Gasteiger partial charge in [-0.15, -0.1) is 11.6 Å². The first-order valence-electron chi connectivity index (χ1n) is 14.7. The zero-order valence-corrected chi connectivity index (χ0v) is 26.1. The molecule has 3 aromatic heterocycles. The summed E-state index contributed by atoms with van der Waals surface area (Å²) in [4.78, 5) is 30.4. The highest BCUT2D eigenvalue weighted by atomic mass is 35.5. The summed E-state index contributed by atoms with van der Waals surface area (Å²) in [6.07, 6.45) is 5.46. The van der Waals surface area contributed by atoms with Gasteiger partial charge in [-0.05, 0) is 59.5 Å². The zero-order chi connectivity index (χ0) is 30.9. The van der Waals surface area contributed by atoms with Gasteiger partial charge in [0.15, 0.2) is 0 Å². The van der Waals surface area contributed by atoms with Crippen molar-refractivity contribution >= 4 is 34.3 Å². The van der Waals surface area contributed by atoms with Crippen molar-refractivity contribution in [2.45, 2.75) is 45.3 Å². The molecule has 0 amide bonds. The molecule has 0 aliphatic rings. The Bertz CT molecular complexity index is 1680. The summed E-state index contributed by atoms with van der Waals surface area (Å²) in [5.41, 5.74) is 4.25. The number of anilines is 2. The van der Waals surface area contributed by atoms with Gasteiger partial charge >= 0.3 is 0 Å². The van der Waals surface area contributed by atoms with Crippen LogP contribution in [0.2, 0.25) is 0 Å². The van der Waals surface area contributed by atoms with Crippen molar-refractivity contribution in [2.75, 3.05) is 31.0 Å². The summed E-state index contributed by atoms with van der Waals surface area (Å²) < 4.78 is 12.4. The molecule has 0 unspecified atom stereocenters. The number of pyridine rings is 2. The Hall–Kier alpha value is -4.63. The first-order valence-corrected chi connectivity index (χ1v) is 15.2. The third-order valence-corrected chi connectivity index (χ3v) is 7.66. The summed E-state index contributed by atoms with van der Waals surface area (Å²) in [6, 6.07) is 21.6. The SMILES string of the molecule is CCCCNc1nc(N(Cc2ccc(OC)cc2)Cc2ccc(OC)cc2)nc2ccn(Cc3ccc(CCl)cn3)c(=O)c12. The van der Waals surface area contributed by atoms with Gasteiger partial charge in [0.1, 0.15) is 22.7 Å². The van der Waals surface area contributed by atoms with E-state index in [0.717, 1.165) is 46.7 Å². The Morgan fingerprint density at radius 2 is 1.50 bits per heavy atom. The molecule has 5 aromatic rings. The fourth-order valence-corrected chi connectivity index (χ4v) is 5.01. The van der Waals surface area contributed by atoms with Crippen LogP contribution in [-0.4, -0.2) is 40.3 Å². The minimum Gasteiger partial charge on any atom is -0.497 e. The molecule has 0 atom stereocenters. The number of hydrogen-bond donors (Lipinski definition) is 1. The summed E-state index contributed by atoms with van der Waals surface area (Å²) in [6.45, 7) is 4.25. The molecule has 5 rings (SSSR count). The van der Waals surface area contributed by atoms with Gasteiger partial charge in [-0.2, -0.15) is 4.98 Å². The number of halogens is 1. The predicted molar refractivity (Wildman–Crippen MR) is 176 cm³/mol. The maximum atomic E-state index is 13.9. The number of unbranched alkanes of at least 4 members (excludes halogenated alkanes) is 1. The maximum absolute atomic E-state index is 13.9. The molecule has 0 aliphatic carbocycles. The van der Waals surface area contributed by atoms with E-state index in [9.17, 15) is 4.79 Å². The molecule has 10 heteroatoms. The Morgan fingerprint density at radius 3 is 2.05 bits per heavy atom. The molecule has 0 spiro atoms. The molecule has 0 radical (unpaired) electrons. The molecule has 9 nitrogen and oxygen atoms in total. The normalized spacial score (nSPS) is 11.0. The lowest BCUT2D eigenvalue weighted by molar-refractivity contribution is 0.414. The number of ether oxygens (including phenoxy) is 2. The van der Waals surface area contributed by atoms with Crippen LogP contribution in [0, 0.1) is 0 Å². The second kappa shape index (κ2) is 14.7. The zero-order valence-electron chi connectivity index (χ0n) is 25.3. The molecule has 0 fully saturated rings. The van der Waals surface area contributed by atoms with E-state index in [-0.39, 0.29) is 5.56 Å². The Balaban J connectivity index is 1.55. The maximum Gasteiger partial charge on any atom is 0.264 e. The van der Waals surface area contributed by atoms with Crippen LogP contribution < -0.4 is 25.2 Å². The highest BCUT2D eigenvalue weighted by Gasteiger charge is 2.19. The van der Waals surface area contributed by atoms with Crippen LogP contribution >= 0.6 is 11.6 Å². The molecular formula is C34H37ClN6O3. The van der Waals surface area contributed by atoms with Crippen molar-refractivity contribution in [3.8, 4) is 11.5 Å². The Morgan fingerprint density at radius 1 is 0.864 bits per heavy atom. The van der Waals surface area contributed by atoms with E-state index in [1.54, 1.807) is 31.2 Å².